The van der Waals surface area contributed by atoms with Gasteiger partial charge in [0, 0.05) is 5.56 Å². The van der Waals surface area contributed by atoms with Gasteiger partial charge in [-0.05, 0) is 36.8 Å². The molecule has 2 atom stereocenters. The lowest BCUT2D eigenvalue weighted by Crippen LogP contribution is -2.21. The first kappa shape index (κ1) is 11.3. The number of anilines is 1. The molecule has 0 radical (unpaired) electrons. The minimum Gasteiger partial charge on any atom is -0.384 e. The zero-order chi connectivity index (χ0) is 12.7. The number of nitrogens with zero attached hydrogens (tertiary/aromatic N) is 2. The monoisotopic (exact) mass is 241 g/mol. The van der Waals surface area contributed by atoms with Crippen LogP contribution in [0, 0.1) is 6.92 Å². The Morgan fingerprint density at radius 3 is 2.61 bits per heavy atom. The lowest BCUT2D eigenvalue weighted by Gasteiger charge is -2.30. The molecule has 2 N–H and O–H groups in total. The smallest absolute Gasteiger partial charge is 0.125 e. The van der Waals surface area contributed by atoms with Crippen molar-refractivity contribution in [2.45, 2.75) is 38.6 Å². The Morgan fingerprint density at radius 1 is 1.22 bits per heavy atom. The predicted molar refractivity (Wildman–Crippen MR) is 73.6 cm³/mol. The van der Waals surface area contributed by atoms with E-state index in [0.717, 1.165) is 17.8 Å². The third-order valence-electron chi connectivity index (χ3n) is 4.08. The maximum atomic E-state index is 6.13. The number of nitrogen functional groups attached to an aromatic ring is 1. The van der Waals surface area contributed by atoms with Crippen molar-refractivity contribution < 1.29 is 0 Å². The predicted octanol–water partition coefficient (Wildman–Crippen LogP) is 3.26. The molecular formula is C15H19N3. The summed E-state index contributed by atoms with van der Waals surface area (Å²) in [6.45, 7) is 4.31. The van der Waals surface area contributed by atoms with Crippen molar-refractivity contribution in [1.29, 1.82) is 0 Å². The molecule has 3 rings (SSSR count). The molecule has 0 aliphatic heterocycles. The molecule has 0 fully saturated rings. The average molecular weight is 241 g/mol. The van der Waals surface area contributed by atoms with Gasteiger partial charge in [-0.2, -0.15) is 5.10 Å². The summed E-state index contributed by atoms with van der Waals surface area (Å²) in [5, 5.41) is 4.45. The van der Waals surface area contributed by atoms with Crippen LogP contribution in [0.1, 0.15) is 48.4 Å². The zero-order valence-corrected chi connectivity index (χ0v) is 10.9. The number of nitrogens with two attached hydrogens (primary N) is 1. The van der Waals surface area contributed by atoms with Crippen molar-refractivity contribution in [2.24, 2.45) is 0 Å². The minimum atomic E-state index is 0.297. The maximum Gasteiger partial charge on any atom is 0.125 e. The van der Waals surface area contributed by atoms with E-state index >= 15 is 0 Å². The fraction of sp³-hybridized carbons (Fsp3) is 0.400. The highest BCUT2D eigenvalue weighted by atomic mass is 15.3. The van der Waals surface area contributed by atoms with Crippen LogP contribution in [0.2, 0.25) is 0 Å². The minimum absolute atomic E-state index is 0.297. The number of benzene rings is 1. The molecule has 1 aliphatic rings. The number of rotatable bonds is 1. The van der Waals surface area contributed by atoms with E-state index in [4.69, 9.17) is 5.73 Å². The Morgan fingerprint density at radius 2 is 1.94 bits per heavy atom. The van der Waals surface area contributed by atoms with E-state index in [0.29, 0.717) is 12.0 Å². The highest BCUT2D eigenvalue weighted by molar-refractivity contribution is 5.42. The number of fused-ring (bicyclic) bond motifs is 1. The van der Waals surface area contributed by atoms with Crippen molar-refractivity contribution in [2.75, 3.05) is 5.73 Å². The lowest BCUT2D eigenvalue weighted by molar-refractivity contribution is 0.428. The lowest BCUT2D eigenvalue weighted by atomic mass is 9.81. The van der Waals surface area contributed by atoms with Crippen molar-refractivity contribution in [3.05, 3.63) is 47.2 Å². The molecule has 0 saturated carbocycles. The molecule has 1 heterocycles. The van der Waals surface area contributed by atoms with E-state index in [-0.39, 0.29) is 0 Å². The summed E-state index contributed by atoms with van der Waals surface area (Å²) < 4.78 is 1.99. The molecule has 1 aliphatic carbocycles. The second kappa shape index (κ2) is 4.16. The molecule has 3 heteroatoms. The molecule has 94 valence electrons. The van der Waals surface area contributed by atoms with Crippen molar-refractivity contribution >= 4 is 5.82 Å². The van der Waals surface area contributed by atoms with Crippen LogP contribution in [-0.2, 0) is 0 Å². The second-order valence-electron chi connectivity index (χ2n) is 5.28. The molecule has 0 amide bonds. The molecule has 0 saturated heterocycles. The van der Waals surface area contributed by atoms with Crippen LogP contribution >= 0.6 is 0 Å². The van der Waals surface area contributed by atoms with E-state index in [2.05, 4.69) is 36.3 Å². The Balaban J connectivity index is 2.10. The number of aryl methyl sites for hydroxylation is 1. The van der Waals surface area contributed by atoms with Crippen LogP contribution in [0.4, 0.5) is 5.82 Å². The van der Waals surface area contributed by atoms with Gasteiger partial charge < -0.3 is 5.73 Å². The van der Waals surface area contributed by atoms with Crippen LogP contribution < -0.4 is 5.73 Å². The summed E-state index contributed by atoms with van der Waals surface area (Å²) >= 11 is 0. The van der Waals surface area contributed by atoms with Gasteiger partial charge in [0.15, 0.2) is 0 Å². The van der Waals surface area contributed by atoms with Crippen LogP contribution in [-0.4, -0.2) is 9.78 Å². The van der Waals surface area contributed by atoms with Crippen LogP contribution in [0.5, 0.6) is 0 Å². The van der Waals surface area contributed by atoms with Crippen molar-refractivity contribution in [1.82, 2.24) is 9.78 Å². The van der Waals surface area contributed by atoms with E-state index in [1.807, 2.05) is 17.8 Å². The Kier molecular flexibility index (Phi) is 2.62. The summed E-state index contributed by atoms with van der Waals surface area (Å²) in [5.41, 5.74) is 10.0. The summed E-state index contributed by atoms with van der Waals surface area (Å²) in [5.74, 6) is 1.43. The zero-order valence-electron chi connectivity index (χ0n) is 10.9. The molecule has 2 unspecified atom stereocenters. The Labute approximate surface area is 108 Å². The molecule has 0 spiro atoms. The largest absolute Gasteiger partial charge is 0.384 e. The van der Waals surface area contributed by atoms with Gasteiger partial charge in [0.05, 0.1) is 12.2 Å². The standard InChI is InChI=1S/C15H19N3/c1-10-7-8-14(13-6-4-3-5-12(10)13)18-15(16)11(2)9-17-18/h3-6,9-10,14H,7-8,16H2,1-2H3. The van der Waals surface area contributed by atoms with Crippen molar-refractivity contribution in [3.63, 3.8) is 0 Å². The third-order valence-corrected chi connectivity index (χ3v) is 4.08. The van der Waals surface area contributed by atoms with Gasteiger partial charge >= 0.3 is 0 Å². The van der Waals surface area contributed by atoms with Crippen LogP contribution in [0.25, 0.3) is 0 Å². The quantitative estimate of drug-likeness (QED) is 0.832. The fourth-order valence-electron chi connectivity index (χ4n) is 2.94. The SMILES string of the molecule is Cc1cnn(C2CCC(C)c3ccccc32)c1N. The first-order valence-corrected chi connectivity index (χ1v) is 6.57. The van der Waals surface area contributed by atoms with Crippen LogP contribution in [0.15, 0.2) is 30.5 Å². The summed E-state index contributed by atoms with van der Waals surface area (Å²) in [6, 6.07) is 8.97. The highest BCUT2D eigenvalue weighted by Gasteiger charge is 2.27. The van der Waals surface area contributed by atoms with E-state index in [1.54, 1.807) is 0 Å². The van der Waals surface area contributed by atoms with Crippen molar-refractivity contribution in [3.8, 4) is 0 Å². The number of aromatic nitrogens is 2. The molecule has 1 aromatic heterocycles. The third kappa shape index (κ3) is 1.62. The summed E-state index contributed by atoms with van der Waals surface area (Å²) in [4.78, 5) is 0. The van der Waals surface area contributed by atoms with E-state index < -0.39 is 0 Å². The van der Waals surface area contributed by atoms with Gasteiger partial charge in [-0.3, -0.25) is 0 Å². The highest BCUT2D eigenvalue weighted by Crippen LogP contribution is 2.39. The summed E-state index contributed by atoms with van der Waals surface area (Å²) in [6.07, 6.45) is 4.17. The van der Waals surface area contributed by atoms with E-state index in [9.17, 15) is 0 Å². The molecule has 2 aromatic rings. The van der Waals surface area contributed by atoms with Crippen LogP contribution in [0.3, 0.4) is 0 Å². The average Bonchev–Trinajstić information content (AvgIpc) is 2.71. The molecular weight excluding hydrogens is 222 g/mol. The number of hydrogen-bond acceptors (Lipinski definition) is 2. The molecule has 1 aromatic carbocycles. The number of hydrogen-bond donors (Lipinski definition) is 1. The van der Waals surface area contributed by atoms with Gasteiger partial charge in [-0.25, -0.2) is 4.68 Å². The Hall–Kier alpha value is -1.77. The first-order valence-electron chi connectivity index (χ1n) is 6.57. The van der Waals surface area contributed by atoms with Gasteiger partial charge in [0.25, 0.3) is 0 Å². The normalized spacial score (nSPS) is 22.8. The second-order valence-corrected chi connectivity index (χ2v) is 5.28. The van der Waals surface area contributed by atoms with Gasteiger partial charge in [0.2, 0.25) is 0 Å². The molecule has 3 nitrogen and oxygen atoms in total. The van der Waals surface area contributed by atoms with Gasteiger partial charge in [-0.1, -0.05) is 31.2 Å². The Bertz CT molecular complexity index is 571. The molecule has 18 heavy (non-hydrogen) atoms. The molecule has 0 bridgehead atoms. The van der Waals surface area contributed by atoms with Gasteiger partial charge in [-0.15, -0.1) is 0 Å². The van der Waals surface area contributed by atoms with E-state index in [1.165, 1.54) is 17.5 Å². The topological polar surface area (TPSA) is 43.8 Å². The first-order chi connectivity index (χ1) is 8.68. The maximum absolute atomic E-state index is 6.13. The fourth-order valence-corrected chi connectivity index (χ4v) is 2.94. The summed E-state index contributed by atoms with van der Waals surface area (Å²) in [7, 11) is 0. The van der Waals surface area contributed by atoms with Gasteiger partial charge in [0.1, 0.15) is 5.82 Å².